The molecule has 1 N–H and O–H groups in total. The molecular formula is C26H28ClN3OS2. The number of aromatic amines is 1. The van der Waals surface area contributed by atoms with Crippen molar-refractivity contribution in [1.29, 1.82) is 0 Å². The van der Waals surface area contributed by atoms with E-state index >= 15 is 0 Å². The predicted octanol–water partition coefficient (Wildman–Crippen LogP) is 7.73. The summed E-state index contributed by atoms with van der Waals surface area (Å²) in [5.74, 6) is 2.75. The molecule has 0 saturated carbocycles. The van der Waals surface area contributed by atoms with E-state index in [-0.39, 0.29) is 0 Å². The van der Waals surface area contributed by atoms with Crippen LogP contribution in [0.5, 0.6) is 5.75 Å². The van der Waals surface area contributed by atoms with Gasteiger partial charge in [-0.05, 0) is 73.4 Å². The molecular weight excluding hydrogens is 470 g/mol. The molecule has 0 amide bonds. The fourth-order valence-corrected chi connectivity index (χ4v) is 5.69. The van der Waals surface area contributed by atoms with Crippen molar-refractivity contribution < 1.29 is 4.74 Å². The fraction of sp³-hybridized carbons (Fsp3) is 0.308. The summed E-state index contributed by atoms with van der Waals surface area (Å²) in [6.45, 7) is 2.18. The molecule has 0 bridgehead atoms. The number of aromatic nitrogens is 3. The zero-order valence-corrected chi connectivity index (χ0v) is 21.3. The van der Waals surface area contributed by atoms with Crippen LogP contribution < -0.4 is 4.74 Å². The summed E-state index contributed by atoms with van der Waals surface area (Å²) in [6, 6.07) is 16.2. The molecule has 2 aromatic carbocycles. The number of nitrogens with one attached hydrogen (secondary N) is 1. The number of halogens is 1. The van der Waals surface area contributed by atoms with E-state index < -0.39 is 0 Å². The lowest BCUT2D eigenvalue weighted by atomic mass is 10.1. The van der Waals surface area contributed by atoms with Gasteiger partial charge in [-0.3, -0.25) is 4.98 Å². The molecule has 0 aliphatic carbocycles. The first kappa shape index (κ1) is 24.0. The Labute approximate surface area is 208 Å². The monoisotopic (exact) mass is 497 g/mol. The van der Waals surface area contributed by atoms with Crippen LogP contribution in [0.2, 0.25) is 5.02 Å². The number of H-pyrrole nitrogens is 1. The van der Waals surface area contributed by atoms with Gasteiger partial charge in [-0.15, -0.1) is 11.8 Å². The minimum Gasteiger partial charge on any atom is -0.497 e. The van der Waals surface area contributed by atoms with Crippen molar-refractivity contribution in [1.82, 2.24) is 15.0 Å². The van der Waals surface area contributed by atoms with Gasteiger partial charge in [0.1, 0.15) is 5.75 Å². The molecule has 4 rings (SSSR count). The number of ether oxygens (including phenoxy) is 1. The van der Waals surface area contributed by atoms with Crippen LogP contribution in [0, 0.1) is 6.92 Å². The lowest BCUT2D eigenvalue weighted by molar-refractivity contribution is 0.415. The van der Waals surface area contributed by atoms with Crippen LogP contribution >= 0.6 is 35.1 Å². The van der Waals surface area contributed by atoms with E-state index in [4.69, 9.17) is 16.3 Å². The van der Waals surface area contributed by atoms with E-state index in [1.807, 2.05) is 48.3 Å². The van der Waals surface area contributed by atoms with E-state index in [1.54, 1.807) is 18.9 Å². The van der Waals surface area contributed by atoms with E-state index in [9.17, 15) is 0 Å². The van der Waals surface area contributed by atoms with Crippen molar-refractivity contribution in [2.45, 2.75) is 48.4 Å². The third-order valence-electron chi connectivity index (χ3n) is 5.55. The summed E-state index contributed by atoms with van der Waals surface area (Å²) < 4.78 is 5.30. The Hall–Kier alpha value is -2.15. The molecule has 2 heterocycles. The molecule has 0 atom stereocenters. The third-order valence-corrected chi connectivity index (χ3v) is 7.93. The Morgan fingerprint density at radius 2 is 1.85 bits per heavy atom. The summed E-state index contributed by atoms with van der Waals surface area (Å²) in [4.78, 5) is 14.0. The van der Waals surface area contributed by atoms with Gasteiger partial charge in [0.2, 0.25) is 0 Å². The Morgan fingerprint density at radius 1 is 1.00 bits per heavy atom. The molecule has 0 saturated heterocycles. The molecule has 0 unspecified atom stereocenters. The zero-order chi connectivity index (χ0) is 23.0. The number of unbranched alkanes of at least 4 members (excludes halogenated alkanes) is 2. The fourth-order valence-electron chi connectivity index (χ4n) is 3.60. The van der Waals surface area contributed by atoms with Crippen LogP contribution in [0.4, 0.5) is 0 Å². The van der Waals surface area contributed by atoms with E-state index in [1.165, 1.54) is 35.3 Å². The molecule has 0 aliphatic heterocycles. The second kappa shape index (κ2) is 11.8. The van der Waals surface area contributed by atoms with Gasteiger partial charge in [0.25, 0.3) is 0 Å². The van der Waals surface area contributed by atoms with Crippen molar-refractivity contribution in [3.8, 4) is 5.75 Å². The van der Waals surface area contributed by atoms with Gasteiger partial charge in [0, 0.05) is 27.9 Å². The van der Waals surface area contributed by atoms with Gasteiger partial charge in [-0.1, -0.05) is 41.9 Å². The first-order valence-corrected chi connectivity index (χ1v) is 13.5. The number of aryl methyl sites for hydroxylation is 1. The maximum Gasteiger partial charge on any atom is 0.166 e. The predicted molar refractivity (Wildman–Crippen MR) is 141 cm³/mol. The first-order valence-electron chi connectivity index (χ1n) is 11.1. The van der Waals surface area contributed by atoms with E-state index in [2.05, 4.69) is 40.1 Å². The molecule has 7 heteroatoms. The topological polar surface area (TPSA) is 50.8 Å². The Balaban J connectivity index is 1.24. The molecule has 172 valence electrons. The van der Waals surface area contributed by atoms with Crippen molar-refractivity contribution in [3.63, 3.8) is 0 Å². The Bertz CT molecular complexity index is 1190. The van der Waals surface area contributed by atoms with Crippen LogP contribution in [0.1, 0.15) is 36.1 Å². The van der Waals surface area contributed by atoms with Crippen molar-refractivity contribution in [2.75, 3.05) is 12.9 Å². The van der Waals surface area contributed by atoms with Gasteiger partial charge < -0.3 is 9.72 Å². The smallest absolute Gasteiger partial charge is 0.166 e. The number of rotatable bonds is 11. The minimum absolute atomic E-state index is 0.790. The second-order valence-electron chi connectivity index (χ2n) is 7.88. The van der Waals surface area contributed by atoms with Crippen LogP contribution in [-0.4, -0.2) is 27.8 Å². The van der Waals surface area contributed by atoms with Gasteiger partial charge >= 0.3 is 0 Å². The Kier molecular flexibility index (Phi) is 8.59. The SMILES string of the molecule is COc1ccc2nc(SCc3nccc(SCCCCCc4ccc(Cl)cc4)c3C)[nH]c2c1. The highest BCUT2D eigenvalue weighted by atomic mass is 35.5. The summed E-state index contributed by atoms with van der Waals surface area (Å²) >= 11 is 9.57. The van der Waals surface area contributed by atoms with Gasteiger partial charge in [0.15, 0.2) is 5.16 Å². The highest BCUT2D eigenvalue weighted by Crippen LogP contribution is 2.29. The maximum absolute atomic E-state index is 5.96. The van der Waals surface area contributed by atoms with Gasteiger partial charge in [-0.2, -0.15) is 0 Å². The van der Waals surface area contributed by atoms with Gasteiger partial charge in [0.05, 0.1) is 23.8 Å². The number of fused-ring (bicyclic) bond motifs is 1. The number of nitrogens with zero attached hydrogens (tertiary/aromatic N) is 2. The lowest BCUT2D eigenvalue weighted by Crippen LogP contribution is -1.95. The molecule has 2 aromatic heterocycles. The van der Waals surface area contributed by atoms with Crippen molar-refractivity contribution >= 4 is 46.2 Å². The number of methoxy groups -OCH3 is 1. The number of thioether (sulfide) groups is 2. The normalized spacial score (nSPS) is 11.2. The van der Waals surface area contributed by atoms with Gasteiger partial charge in [-0.25, -0.2) is 4.98 Å². The second-order valence-corrected chi connectivity index (χ2v) is 10.4. The zero-order valence-electron chi connectivity index (χ0n) is 18.9. The number of hydrogen-bond acceptors (Lipinski definition) is 5. The lowest BCUT2D eigenvalue weighted by Gasteiger charge is -2.09. The quantitative estimate of drug-likeness (QED) is 0.170. The standard InChI is InChI=1S/C26H28ClN3OS2/c1-18-24(17-33-26-29-22-12-11-21(31-2)16-23(22)30-26)28-14-13-25(18)32-15-5-3-4-6-19-7-9-20(27)10-8-19/h7-14,16H,3-6,15,17H2,1-2H3,(H,29,30). The molecule has 33 heavy (non-hydrogen) atoms. The summed E-state index contributed by atoms with van der Waals surface area (Å²) in [5, 5.41) is 1.71. The van der Waals surface area contributed by atoms with E-state index in [0.29, 0.717) is 0 Å². The van der Waals surface area contributed by atoms with Crippen LogP contribution in [0.3, 0.4) is 0 Å². The molecule has 0 fully saturated rings. The minimum atomic E-state index is 0.790. The van der Waals surface area contributed by atoms with Crippen LogP contribution in [0.25, 0.3) is 11.0 Å². The Morgan fingerprint density at radius 3 is 2.67 bits per heavy atom. The highest BCUT2D eigenvalue weighted by molar-refractivity contribution is 7.99. The number of pyridine rings is 1. The highest BCUT2D eigenvalue weighted by Gasteiger charge is 2.10. The van der Waals surface area contributed by atoms with Crippen LogP contribution in [-0.2, 0) is 12.2 Å². The molecule has 0 spiro atoms. The number of imidazole rings is 1. The largest absolute Gasteiger partial charge is 0.497 e. The third kappa shape index (κ3) is 6.69. The average molecular weight is 498 g/mol. The molecule has 4 nitrogen and oxygen atoms in total. The summed E-state index contributed by atoms with van der Waals surface area (Å²) in [5.41, 5.74) is 5.69. The molecule has 0 radical (unpaired) electrons. The maximum atomic E-state index is 5.96. The summed E-state index contributed by atoms with van der Waals surface area (Å²) in [7, 11) is 1.67. The molecule has 0 aliphatic rings. The van der Waals surface area contributed by atoms with Crippen molar-refractivity contribution in [2.24, 2.45) is 0 Å². The summed E-state index contributed by atoms with van der Waals surface area (Å²) in [6.07, 6.45) is 6.70. The first-order chi connectivity index (χ1) is 16.1. The number of hydrogen-bond donors (Lipinski definition) is 1. The van der Waals surface area contributed by atoms with E-state index in [0.717, 1.165) is 50.6 Å². The molecule has 4 aromatic rings. The van der Waals surface area contributed by atoms with Crippen LogP contribution in [0.15, 0.2) is 64.8 Å². The number of benzene rings is 2. The van der Waals surface area contributed by atoms with Crippen molar-refractivity contribution in [3.05, 3.63) is 76.6 Å². The average Bonchev–Trinajstić information content (AvgIpc) is 3.24.